The maximum atomic E-state index is 6.29. The number of quaternary nitrogens is 1. The molecule has 0 radical (unpaired) electrons. The highest BCUT2D eigenvalue weighted by Gasteiger charge is 2.31. The van der Waals surface area contributed by atoms with Crippen LogP contribution in [0.1, 0.15) is 18.9 Å². The molecule has 1 nitrogen and oxygen atoms in total. The predicted molar refractivity (Wildman–Crippen MR) is 103 cm³/mol. The smallest absolute Gasteiger partial charge is 0.0817 e. The Labute approximate surface area is 149 Å². The summed E-state index contributed by atoms with van der Waals surface area (Å²) >= 11 is 8.25. The van der Waals surface area contributed by atoms with Crippen LogP contribution in [0.2, 0.25) is 0 Å². The summed E-state index contributed by atoms with van der Waals surface area (Å²) in [6.45, 7) is 4.58. The minimum absolute atomic E-state index is 0.393. The predicted octanol–water partition coefficient (Wildman–Crippen LogP) is 5.34. The number of fused-ring (bicyclic) bond motifs is 2. The molecule has 0 N–H and O–H groups in total. The van der Waals surface area contributed by atoms with Gasteiger partial charge >= 0.3 is 0 Å². The topological polar surface area (TPSA) is 0 Å². The molecule has 1 heterocycles. The highest BCUT2D eigenvalue weighted by atomic mass is 35.5. The maximum absolute atomic E-state index is 6.29. The van der Waals surface area contributed by atoms with Crippen molar-refractivity contribution in [3.8, 4) is 0 Å². The molecule has 0 spiro atoms. The van der Waals surface area contributed by atoms with Gasteiger partial charge in [-0.25, -0.2) is 0 Å². The molecule has 3 rings (SSSR count). The quantitative estimate of drug-likeness (QED) is 0.663. The molecule has 3 heteroatoms. The first kappa shape index (κ1) is 16.9. The van der Waals surface area contributed by atoms with Crippen LogP contribution >= 0.6 is 23.4 Å². The van der Waals surface area contributed by atoms with Crippen molar-refractivity contribution >= 4 is 28.9 Å². The number of thioether (sulfide) groups is 1. The molecule has 23 heavy (non-hydrogen) atoms. The van der Waals surface area contributed by atoms with Gasteiger partial charge in [-0.15, -0.1) is 11.8 Å². The number of allylic oxidation sites excluding steroid dienone is 4. The van der Waals surface area contributed by atoms with Crippen molar-refractivity contribution in [3.63, 3.8) is 0 Å². The largest absolute Gasteiger partial charge is 0.328 e. The first-order chi connectivity index (χ1) is 11.0. The lowest BCUT2D eigenvalue weighted by molar-refractivity contribution is -0.888. The van der Waals surface area contributed by atoms with Crippen LogP contribution in [-0.4, -0.2) is 36.9 Å². The van der Waals surface area contributed by atoms with E-state index < -0.39 is 0 Å². The maximum Gasteiger partial charge on any atom is 0.0817 e. The third-order valence-corrected chi connectivity index (χ3v) is 6.50. The molecule has 2 aliphatic rings. The van der Waals surface area contributed by atoms with Crippen molar-refractivity contribution in [2.45, 2.75) is 23.5 Å². The Balaban J connectivity index is 1.92. The van der Waals surface area contributed by atoms with E-state index in [0.29, 0.717) is 11.2 Å². The molecule has 0 aromatic heterocycles. The van der Waals surface area contributed by atoms with E-state index in [9.17, 15) is 0 Å². The van der Waals surface area contributed by atoms with E-state index >= 15 is 0 Å². The van der Waals surface area contributed by atoms with Gasteiger partial charge in [0.2, 0.25) is 0 Å². The van der Waals surface area contributed by atoms with Gasteiger partial charge in [-0.2, -0.15) is 0 Å². The number of benzene rings is 1. The zero-order valence-corrected chi connectivity index (χ0v) is 15.7. The lowest BCUT2D eigenvalue weighted by Gasteiger charge is -2.34. The standard InChI is InChI=1S/C20H25ClNS/c1-4-22(2,3)13-7-9-16-17-8-5-6-10-19(17)23-20-12-11-15(21)14-18(16)20/h5-6,8-12,14,18,20H,4,7,13H2,1-3H3/q+1/t18-,20+/m1/s1. The zero-order chi connectivity index (χ0) is 16.4. The van der Waals surface area contributed by atoms with Gasteiger partial charge in [0.05, 0.1) is 27.2 Å². The van der Waals surface area contributed by atoms with Gasteiger partial charge in [0.1, 0.15) is 0 Å². The minimum atomic E-state index is 0.393. The van der Waals surface area contributed by atoms with E-state index in [2.05, 4.69) is 63.5 Å². The molecule has 1 aromatic rings. The summed E-state index contributed by atoms with van der Waals surface area (Å²) in [5.41, 5.74) is 2.83. The molecule has 0 bridgehead atoms. The van der Waals surface area contributed by atoms with E-state index in [4.69, 9.17) is 11.6 Å². The van der Waals surface area contributed by atoms with Crippen LogP contribution in [-0.2, 0) is 0 Å². The van der Waals surface area contributed by atoms with Crippen LogP contribution in [0.5, 0.6) is 0 Å². The van der Waals surface area contributed by atoms with E-state index in [0.717, 1.165) is 22.5 Å². The van der Waals surface area contributed by atoms with Crippen molar-refractivity contribution in [1.29, 1.82) is 0 Å². The second-order valence-corrected chi connectivity index (χ2v) is 8.60. The van der Waals surface area contributed by atoms with Crippen LogP contribution < -0.4 is 0 Å². The number of hydrogen-bond donors (Lipinski definition) is 0. The third-order valence-electron chi connectivity index (χ3n) is 4.91. The lowest BCUT2D eigenvalue weighted by atomic mass is 9.85. The van der Waals surface area contributed by atoms with Crippen molar-refractivity contribution in [1.82, 2.24) is 0 Å². The number of halogens is 1. The fourth-order valence-corrected chi connectivity index (χ4v) is 4.62. The summed E-state index contributed by atoms with van der Waals surface area (Å²) < 4.78 is 1.06. The first-order valence-corrected chi connectivity index (χ1v) is 9.59. The van der Waals surface area contributed by atoms with Gasteiger partial charge < -0.3 is 4.48 Å². The van der Waals surface area contributed by atoms with Gasteiger partial charge in [-0.05, 0) is 30.2 Å². The van der Waals surface area contributed by atoms with Crippen LogP contribution in [0.25, 0.3) is 5.57 Å². The minimum Gasteiger partial charge on any atom is -0.328 e. The second-order valence-electron chi connectivity index (χ2n) is 6.94. The van der Waals surface area contributed by atoms with Crippen molar-refractivity contribution in [2.75, 3.05) is 27.2 Å². The van der Waals surface area contributed by atoms with E-state index in [-0.39, 0.29) is 0 Å². The van der Waals surface area contributed by atoms with E-state index in [1.54, 1.807) is 0 Å². The highest BCUT2D eigenvalue weighted by Crippen LogP contribution is 2.48. The molecule has 122 valence electrons. The van der Waals surface area contributed by atoms with Gasteiger partial charge in [0.25, 0.3) is 0 Å². The molecule has 0 saturated carbocycles. The Kier molecular flexibility index (Phi) is 5.05. The van der Waals surface area contributed by atoms with Crippen molar-refractivity contribution < 1.29 is 4.48 Å². The van der Waals surface area contributed by atoms with Gasteiger partial charge in [0, 0.05) is 27.5 Å². The molecule has 1 aliphatic heterocycles. The second kappa shape index (κ2) is 6.88. The Hall–Kier alpha value is -0.960. The normalized spacial score (nSPS) is 25.0. The van der Waals surface area contributed by atoms with Crippen molar-refractivity contribution in [2.24, 2.45) is 5.92 Å². The van der Waals surface area contributed by atoms with Crippen LogP contribution in [0.15, 0.2) is 58.5 Å². The Morgan fingerprint density at radius 1 is 1.26 bits per heavy atom. The number of rotatable bonds is 4. The molecule has 0 amide bonds. The average molecular weight is 347 g/mol. The van der Waals surface area contributed by atoms with Crippen LogP contribution in [0, 0.1) is 5.92 Å². The van der Waals surface area contributed by atoms with Crippen LogP contribution in [0.3, 0.4) is 0 Å². The lowest BCUT2D eigenvalue weighted by Crippen LogP contribution is -2.39. The third kappa shape index (κ3) is 3.76. The monoisotopic (exact) mass is 346 g/mol. The average Bonchev–Trinajstić information content (AvgIpc) is 2.54. The fraction of sp³-hybridized carbons (Fsp3) is 0.400. The van der Waals surface area contributed by atoms with Gasteiger partial charge in [-0.1, -0.05) is 48.0 Å². The molecule has 0 fully saturated rings. The molecule has 1 aliphatic carbocycles. The summed E-state index contributed by atoms with van der Waals surface area (Å²) in [6, 6.07) is 8.77. The molecule has 2 atom stereocenters. The molecule has 0 saturated heterocycles. The highest BCUT2D eigenvalue weighted by molar-refractivity contribution is 8.00. The van der Waals surface area contributed by atoms with E-state index in [1.807, 2.05) is 17.8 Å². The molecular formula is C20H25ClNS+. The Bertz CT molecular complexity index is 672. The summed E-state index contributed by atoms with van der Waals surface area (Å²) in [6.07, 6.45) is 10.1. The summed E-state index contributed by atoms with van der Waals surface area (Å²) in [5, 5.41) is 1.33. The first-order valence-electron chi connectivity index (χ1n) is 8.34. The van der Waals surface area contributed by atoms with E-state index in [1.165, 1.54) is 22.6 Å². The SMILES string of the molecule is CC[N+](C)(C)CCC=C1c2ccccc2S[C@H]2C=CC(Cl)=C[C@H]12. The van der Waals surface area contributed by atoms with Crippen LogP contribution in [0.4, 0.5) is 0 Å². The summed E-state index contributed by atoms with van der Waals surface area (Å²) in [4.78, 5) is 1.39. The summed E-state index contributed by atoms with van der Waals surface area (Å²) in [5.74, 6) is 0.393. The van der Waals surface area contributed by atoms with Crippen molar-refractivity contribution in [3.05, 3.63) is 59.2 Å². The molecular weight excluding hydrogens is 322 g/mol. The Morgan fingerprint density at radius 2 is 2.04 bits per heavy atom. The summed E-state index contributed by atoms with van der Waals surface area (Å²) in [7, 11) is 4.60. The molecule has 1 aromatic carbocycles. The zero-order valence-electron chi connectivity index (χ0n) is 14.1. The Morgan fingerprint density at radius 3 is 2.83 bits per heavy atom. The fourth-order valence-electron chi connectivity index (χ4n) is 3.12. The molecule has 0 unspecified atom stereocenters. The number of nitrogens with zero attached hydrogens (tertiary/aromatic N) is 1. The van der Waals surface area contributed by atoms with Gasteiger partial charge in [-0.3, -0.25) is 0 Å². The van der Waals surface area contributed by atoms with Gasteiger partial charge in [0.15, 0.2) is 0 Å². The number of hydrogen-bond acceptors (Lipinski definition) is 1.